The SMILES string of the molecule is COc1cc(F)cc(C(=O)NC2CC(S(=O)(=O)c3cccc(C(F)(F)F)c3)C2)c1.[HH]. The lowest BCUT2D eigenvalue weighted by atomic mass is 9.92. The molecule has 0 aliphatic heterocycles. The molecule has 29 heavy (non-hydrogen) atoms. The van der Waals surface area contributed by atoms with Crippen LogP contribution in [0.15, 0.2) is 47.4 Å². The molecule has 3 rings (SSSR count). The van der Waals surface area contributed by atoms with Crippen LogP contribution in [0.2, 0.25) is 0 Å². The van der Waals surface area contributed by atoms with Gasteiger partial charge >= 0.3 is 6.18 Å². The van der Waals surface area contributed by atoms with Gasteiger partial charge in [0.25, 0.3) is 5.91 Å². The van der Waals surface area contributed by atoms with E-state index in [0.29, 0.717) is 6.07 Å². The summed E-state index contributed by atoms with van der Waals surface area (Å²) in [6, 6.07) is 6.57. The Balaban J connectivity index is 0.00000320. The van der Waals surface area contributed by atoms with Crippen molar-refractivity contribution in [3.05, 3.63) is 59.4 Å². The zero-order valence-electron chi connectivity index (χ0n) is 15.2. The first-order valence-electron chi connectivity index (χ1n) is 8.57. The number of nitrogens with one attached hydrogen (secondary N) is 1. The Labute approximate surface area is 166 Å². The number of benzene rings is 2. The van der Waals surface area contributed by atoms with E-state index in [9.17, 15) is 30.8 Å². The number of halogens is 4. The second-order valence-corrected chi connectivity index (χ2v) is 8.94. The summed E-state index contributed by atoms with van der Waals surface area (Å²) >= 11 is 0. The molecule has 0 saturated heterocycles. The van der Waals surface area contributed by atoms with E-state index in [1.165, 1.54) is 13.2 Å². The maximum Gasteiger partial charge on any atom is 0.416 e. The summed E-state index contributed by atoms with van der Waals surface area (Å²) in [6.07, 6.45) is -4.54. The fourth-order valence-corrected chi connectivity index (χ4v) is 4.97. The van der Waals surface area contributed by atoms with Crippen LogP contribution in [0, 0.1) is 5.82 Å². The lowest BCUT2D eigenvalue weighted by molar-refractivity contribution is -0.137. The van der Waals surface area contributed by atoms with Crippen LogP contribution < -0.4 is 10.1 Å². The Bertz CT molecular complexity index is 1040. The molecule has 1 aliphatic carbocycles. The van der Waals surface area contributed by atoms with Crippen molar-refractivity contribution in [2.75, 3.05) is 7.11 Å². The molecule has 0 unspecified atom stereocenters. The Hall–Kier alpha value is -2.62. The van der Waals surface area contributed by atoms with Gasteiger partial charge in [0.1, 0.15) is 11.6 Å². The summed E-state index contributed by atoms with van der Waals surface area (Å²) in [5.41, 5.74) is -1.02. The van der Waals surface area contributed by atoms with Crippen molar-refractivity contribution in [3.63, 3.8) is 0 Å². The van der Waals surface area contributed by atoms with E-state index in [-0.39, 0.29) is 25.6 Å². The first kappa shape index (κ1) is 21.1. The highest BCUT2D eigenvalue weighted by atomic mass is 32.2. The predicted molar refractivity (Wildman–Crippen MR) is 98.0 cm³/mol. The van der Waals surface area contributed by atoms with Crippen molar-refractivity contribution >= 4 is 15.7 Å². The van der Waals surface area contributed by atoms with Gasteiger partial charge in [0.05, 0.1) is 22.8 Å². The molecule has 1 aliphatic rings. The maximum absolute atomic E-state index is 13.5. The van der Waals surface area contributed by atoms with Crippen LogP contribution in [0.3, 0.4) is 0 Å². The van der Waals surface area contributed by atoms with Gasteiger partial charge in [0.2, 0.25) is 0 Å². The van der Waals surface area contributed by atoms with Crippen LogP contribution in [-0.4, -0.2) is 32.7 Å². The lowest BCUT2D eigenvalue weighted by Gasteiger charge is -2.35. The molecule has 0 aromatic heterocycles. The molecule has 2 aromatic rings. The van der Waals surface area contributed by atoms with Crippen LogP contribution in [0.25, 0.3) is 0 Å². The summed E-state index contributed by atoms with van der Waals surface area (Å²) in [6.45, 7) is 0. The smallest absolute Gasteiger partial charge is 0.416 e. The lowest BCUT2D eigenvalue weighted by Crippen LogP contribution is -2.49. The molecule has 0 radical (unpaired) electrons. The fourth-order valence-electron chi connectivity index (χ4n) is 3.06. The number of sulfone groups is 1. The number of methoxy groups -OCH3 is 1. The fraction of sp³-hybridized carbons (Fsp3) is 0.316. The summed E-state index contributed by atoms with van der Waals surface area (Å²) in [4.78, 5) is 11.8. The molecule has 1 amide bonds. The first-order chi connectivity index (χ1) is 13.5. The van der Waals surface area contributed by atoms with Crippen molar-refractivity contribution < 1.29 is 36.9 Å². The summed E-state index contributed by atoms with van der Waals surface area (Å²) in [7, 11) is -2.64. The Morgan fingerprint density at radius 1 is 1.17 bits per heavy atom. The molecule has 1 saturated carbocycles. The normalized spacial score (nSPS) is 19.3. The van der Waals surface area contributed by atoms with Crippen molar-refractivity contribution in [1.29, 1.82) is 0 Å². The van der Waals surface area contributed by atoms with Gasteiger partial charge in [-0.3, -0.25) is 4.79 Å². The Morgan fingerprint density at radius 2 is 1.86 bits per heavy atom. The molecule has 0 spiro atoms. The summed E-state index contributed by atoms with van der Waals surface area (Å²) in [5.74, 6) is -1.09. The third-order valence-corrected chi connectivity index (χ3v) is 6.90. The molecule has 1 N–H and O–H groups in total. The van der Waals surface area contributed by atoms with Gasteiger partial charge in [0, 0.05) is 19.1 Å². The average Bonchev–Trinajstić information content (AvgIpc) is 2.62. The minimum atomic E-state index is -4.65. The van der Waals surface area contributed by atoms with Gasteiger partial charge in [-0.05, 0) is 43.2 Å². The zero-order chi connectivity index (χ0) is 21.4. The van der Waals surface area contributed by atoms with Gasteiger partial charge < -0.3 is 10.1 Å². The quantitative estimate of drug-likeness (QED) is 0.728. The van der Waals surface area contributed by atoms with Crippen molar-refractivity contribution in [1.82, 2.24) is 5.32 Å². The number of alkyl halides is 3. The van der Waals surface area contributed by atoms with Gasteiger partial charge in [-0.1, -0.05) is 6.07 Å². The predicted octanol–water partition coefficient (Wildman–Crippen LogP) is 3.83. The van der Waals surface area contributed by atoms with Crippen molar-refractivity contribution in [2.24, 2.45) is 0 Å². The molecule has 0 heterocycles. The minimum Gasteiger partial charge on any atom is -0.497 e. The first-order valence-corrected chi connectivity index (χ1v) is 10.1. The van der Waals surface area contributed by atoms with Crippen molar-refractivity contribution in [2.45, 2.75) is 35.2 Å². The zero-order valence-corrected chi connectivity index (χ0v) is 16.0. The van der Waals surface area contributed by atoms with Gasteiger partial charge in [-0.2, -0.15) is 13.2 Å². The van der Waals surface area contributed by atoms with E-state index in [2.05, 4.69) is 5.32 Å². The van der Waals surface area contributed by atoms with E-state index in [1.54, 1.807) is 0 Å². The largest absolute Gasteiger partial charge is 0.497 e. The van der Waals surface area contributed by atoms with E-state index < -0.39 is 49.5 Å². The van der Waals surface area contributed by atoms with Crippen LogP contribution in [0.4, 0.5) is 17.6 Å². The second-order valence-electron chi connectivity index (χ2n) is 6.71. The topological polar surface area (TPSA) is 72.5 Å². The van der Waals surface area contributed by atoms with Crippen LogP contribution >= 0.6 is 0 Å². The summed E-state index contributed by atoms with van der Waals surface area (Å²) < 4.78 is 82.0. The number of carbonyl (C=O) groups is 1. The maximum atomic E-state index is 13.5. The standard InChI is InChI=1S/C19H17F4NO4S.H2/c1-28-15-6-11(5-13(20)8-15)18(25)24-14-9-17(10-14)29(26,27)16-4-2-3-12(7-16)19(21,22)23;/h2-8,14,17H,9-10H2,1H3,(H,24,25);1H. The Morgan fingerprint density at radius 3 is 2.48 bits per heavy atom. The molecule has 0 atom stereocenters. The van der Waals surface area contributed by atoms with Gasteiger partial charge in [-0.15, -0.1) is 0 Å². The number of hydrogen-bond donors (Lipinski definition) is 1. The van der Waals surface area contributed by atoms with Crippen molar-refractivity contribution in [3.8, 4) is 5.75 Å². The number of ether oxygens (including phenoxy) is 1. The highest BCUT2D eigenvalue weighted by Gasteiger charge is 2.41. The minimum absolute atomic E-state index is 0. The van der Waals surface area contributed by atoms with Crippen LogP contribution in [0.5, 0.6) is 5.75 Å². The van der Waals surface area contributed by atoms with E-state index >= 15 is 0 Å². The third-order valence-electron chi connectivity index (χ3n) is 4.73. The average molecular weight is 433 g/mol. The third kappa shape index (κ3) is 4.52. The van der Waals surface area contributed by atoms with E-state index in [1.807, 2.05) is 0 Å². The molecule has 0 bridgehead atoms. The molecular weight excluding hydrogens is 414 g/mol. The highest BCUT2D eigenvalue weighted by molar-refractivity contribution is 7.92. The van der Waals surface area contributed by atoms with Gasteiger partial charge in [0.15, 0.2) is 9.84 Å². The Kier molecular flexibility index (Phi) is 5.57. The number of hydrogen-bond acceptors (Lipinski definition) is 4. The molecule has 1 fully saturated rings. The molecule has 5 nitrogen and oxygen atoms in total. The molecule has 2 aromatic carbocycles. The molecule has 10 heteroatoms. The van der Waals surface area contributed by atoms with Crippen LogP contribution in [0.1, 0.15) is 30.2 Å². The second kappa shape index (κ2) is 7.66. The number of carbonyl (C=O) groups excluding carboxylic acids is 1. The van der Waals surface area contributed by atoms with E-state index in [4.69, 9.17) is 4.74 Å². The van der Waals surface area contributed by atoms with Gasteiger partial charge in [-0.25, -0.2) is 12.8 Å². The van der Waals surface area contributed by atoms with E-state index in [0.717, 1.165) is 30.3 Å². The molecular formula is C19H19F4NO4S. The highest BCUT2D eigenvalue weighted by Crippen LogP contribution is 2.35. The van der Waals surface area contributed by atoms with Crippen LogP contribution in [-0.2, 0) is 16.0 Å². The number of rotatable bonds is 5. The number of amides is 1. The monoisotopic (exact) mass is 433 g/mol. The molecule has 158 valence electrons. The summed E-state index contributed by atoms with van der Waals surface area (Å²) in [5, 5.41) is 1.69.